The molecule has 0 fully saturated rings. The van der Waals surface area contributed by atoms with E-state index in [9.17, 15) is 4.79 Å². The Hall–Kier alpha value is -3.42. The zero-order valence-electron chi connectivity index (χ0n) is 14.2. The van der Waals surface area contributed by atoms with Crippen LogP contribution in [0.1, 0.15) is 21.8 Å². The van der Waals surface area contributed by atoms with E-state index in [-0.39, 0.29) is 5.91 Å². The lowest BCUT2D eigenvalue weighted by Crippen LogP contribution is -2.35. The van der Waals surface area contributed by atoms with Gasteiger partial charge in [-0.15, -0.1) is 0 Å². The van der Waals surface area contributed by atoms with Crippen LogP contribution in [0, 0.1) is 0 Å². The van der Waals surface area contributed by atoms with E-state index in [0.29, 0.717) is 31.0 Å². The van der Waals surface area contributed by atoms with Crippen LogP contribution in [-0.2, 0) is 20.0 Å². The van der Waals surface area contributed by atoms with Crippen LogP contribution in [0.15, 0.2) is 47.5 Å². The van der Waals surface area contributed by atoms with Crippen LogP contribution in [0.3, 0.4) is 0 Å². The molecule has 26 heavy (non-hydrogen) atoms. The molecule has 0 saturated heterocycles. The average molecular weight is 348 g/mol. The van der Waals surface area contributed by atoms with Gasteiger partial charge in [0, 0.05) is 44.8 Å². The molecule has 0 saturated carbocycles. The minimum Gasteiger partial charge on any atom is -0.441 e. The quantitative estimate of drug-likeness (QED) is 0.553. The maximum atomic E-state index is 13.0. The summed E-state index contributed by atoms with van der Waals surface area (Å²) < 4.78 is 9.48. The Morgan fingerprint density at radius 3 is 3.04 bits per heavy atom. The molecule has 1 aliphatic rings. The van der Waals surface area contributed by atoms with Crippen molar-refractivity contribution in [2.75, 3.05) is 6.54 Å². The minimum atomic E-state index is -0.0432. The molecule has 5 heterocycles. The molecule has 0 N–H and O–H groups in total. The number of fused-ring (bicyclic) bond motifs is 2. The Bertz CT molecular complexity index is 1110. The first-order valence-corrected chi connectivity index (χ1v) is 8.37. The molecule has 130 valence electrons. The van der Waals surface area contributed by atoms with Gasteiger partial charge in [0.2, 0.25) is 5.89 Å². The number of aromatic nitrogens is 5. The summed E-state index contributed by atoms with van der Waals surface area (Å²) in [5, 5.41) is 4.25. The minimum absolute atomic E-state index is 0.0432. The Kier molecular flexibility index (Phi) is 3.18. The van der Waals surface area contributed by atoms with Crippen molar-refractivity contribution >= 4 is 11.6 Å². The maximum Gasteiger partial charge on any atom is 0.259 e. The summed E-state index contributed by atoms with van der Waals surface area (Å²) in [7, 11) is 1.90. The zero-order valence-corrected chi connectivity index (χ0v) is 14.2. The SMILES string of the molecule is Cn1ccn2ncc(C(=O)N3CCc4oc(-c5cccnc5)nc4C3)c12. The van der Waals surface area contributed by atoms with E-state index in [4.69, 9.17) is 4.42 Å². The third-order valence-corrected chi connectivity index (χ3v) is 4.69. The monoisotopic (exact) mass is 348 g/mol. The highest BCUT2D eigenvalue weighted by molar-refractivity contribution is 5.99. The number of hydrogen-bond acceptors (Lipinski definition) is 5. The zero-order chi connectivity index (χ0) is 17.7. The lowest BCUT2D eigenvalue weighted by molar-refractivity contribution is 0.0729. The maximum absolute atomic E-state index is 13.0. The number of amides is 1. The van der Waals surface area contributed by atoms with Crippen molar-refractivity contribution in [3.63, 3.8) is 0 Å². The molecule has 8 heteroatoms. The highest BCUT2D eigenvalue weighted by Crippen LogP contribution is 2.27. The molecular weight excluding hydrogens is 332 g/mol. The fraction of sp³-hybridized carbons (Fsp3) is 0.222. The van der Waals surface area contributed by atoms with Crippen molar-refractivity contribution in [3.05, 3.63) is 60.1 Å². The molecular formula is C18H16N6O2. The van der Waals surface area contributed by atoms with E-state index >= 15 is 0 Å². The van der Waals surface area contributed by atoms with Crippen molar-refractivity contribution < 1.29 is 9.21 Å². The molecule has 0 spiro atoms. The molecule has 4 aromatic heterocycles. The van der Waals surface area contributed by atoms with Crippen molar-refractivity contribution in [1.82, 2.24) is 29.0 Å². The van der Waals surface area contributed by atoms with Crippen molar-refractivity contribution in [3.8, 4) is 11.5 Å². The van der Waals surface area contributed by atoms with E-state index in [1.54, 1.807) is 28.0 Å². The van der Waals surface area contributed by atoms with Gasteiger partial charge >= 0.3 is 0 Å². The number of imidazole rings is 1. The number of hydrogen-bond donors (Lipinski definition) is 0. The van der Waals surface area contributed by atoms with Gasteiger partial charge in [-0.2, -0.15) is 5.10 Å². The van der Waals surface area contributed by atoms with Crippen LogP contribution in [0.4, 0.5) is 0 Å². The Morgan fingerprint density at radius 1 is 1.27 bits per heavy atom. The predicted octanol–water partition coefficient (Wildman–Crippen LogP) is 1.92. The number of rotatable bonds is 2. The van der Waals surface area contributed by atoms with Gasteiger partial charge in [0.05, 0.1) is 18.3 Å². The topological polar surface area (TPSA) is 81.5 Å². The summed E-state index contributed by atoms with van der Waals surface area (Å²) >= 11 is 0. The number of carbonyl (C=O) groups is 1. The van der Waals surface area contributed by atoms with Crippen LogP contribution < -0.4 is 0 Å². The smallest absolute Gasteiger partial charge is 0.259 e. The summed E-state index contributed by atoms with van der Waals surface area (Å²) in [4.78, 5) is 23.5. The Balaban J connectivity index is 1.44. The number of aryl methyl sites for hydroxylation is 1. The summed E-state index contributed by atoms with van der Waals surface area (Å²) in [6.07, 6.45) is 9.41. The first kappa shape index (κ1) is 14.9. The number of pyridine rings is 1. The van der Waals surface area contributed by atoms with Crippen LogP contribution in [0.2, 0.25) is 0 Å². The van der Waals surface area contributed by atoms with E-state index in [0.717, 1.165) is 22.7 Å². The molecule has 0 aliphatic carbocycles. The van der Waals surface area contributed by atoms with E-state index in [2.05, 4.69) is 15.1 Å². The predicted molar refractivity (Wildman–Crippen MR) is 92.3 cm³/mol. The molecule has 5 rings (SSSR count). The molecule has 0 unspecified atom stereocenters. The second-order valence-electron chi connectivity index (χ2n) is 6.34. The standard InChI is InChI=1S/C18H16N6O2/c1-22-7-8-24-17(22)13(10-20-24)18(25)23-6-4-15-14(11-23)21-16(26-15)12-3-2-5-19-9-12/h2-3,5,7-10H,4,6,11H2,1H3. The van der Waals surface area contributed by atoms with Crippen LogP contribution in [-0.4, -0.2) is 41.5 Å². The Morgan fingerprint density at radius 2 is 2.19 bits per heavy atom. The molecule has 0 bridgehead atoms. The van der Waals surface area contributed by atoms with Crippen LogP contribution in [0.5, 0.6) is 0 Å². The first-order valence-electron chi connectivity index (χ1n) is 8.37. The third-order valence-electron chi connectivity index (χ3n) is 4.69. The van der Waals surface area contributed by atoms with Gasteiger partial charge in [-0.05, 0) is 12.1 Å². The van der Waals surface area contributed by atoms with E-state index in [1.807, 2.05) is 36.1 Å². The number of nitrogens with zero attached hydrogens (tertiary/aromatic N) is 6. The van der Waals surface area contributed by atoms with Gasteiger partial charge in [0.15, 0.2) is 0 Å². The summed E-state index contributed by atoms with van der Waals surface area (Å²) in [5.41, 5.74) is 3.02. The van der Waals surface area contributed by atoms with Gasteiger partial charge in [-0.25, -0.2) is 9.50 Å². The van der Waals surface area contributed by atoms with Gasteiger partial charge in [0.25, 0.3) is 5.91 Å². The van der Waals surface area contributed by atoms with Crippen LogP contribution in [0.25, 0.3) is 17.1 Å². The lowest BCUT2D eigenvalue weighted by atomic mass is 10.1. The van der Waals surface area contributed by atoms with E-state index < -0.39 is 0 Å². The molecule has 4 aromatic rings. The third kappa shape index (κ3) is 2.22. The number of carbonyl (C=O) groups excluding carboxylic acids is 1. The second-order valence-corrected chi connectivity index (χ2v) is 6.34. The molecule has 0 aromatic carbocycles. The molecule has 0 atom stereocenters. The highest BCUT2D eigenvalue weighted by Gasteiger charge is 2.28. The second kappa shape index (κ2) is 5.55. The molecule has 0 radical (unpaired) electrons. The largest absolute Gasteiger partial charge is 0.441 e. The summed E-state index contributed by atoms with van der Waals surface area (Å²) in [6.45, 7) is 1.02. The number of oxazole rings is 1. The lowest BCUT2D eigenvalue weighted by Gasteiger charge is -2.24. The normalized spacial score (nSPS) is 14.0. The van der Waals surface area contributed by atoms with E-state index in [1.165, 1.54) is 0 Å². The fourth-order valence-electron chi connectivity index (χ4n) is 3.36. The van der Waals surface area contributed by atoms with Crippen molar-refractivity contribution in [2.24, 2.45) is 7.05 Å². The molecule has 1 aliphatic heterocycles. The fourth-order valence-corrected chi connectivity index (χ4v) is 3.36. The Labute approximate surface area is 148 Å². The molecule has 1 amide bonds. The van der Waals surface area contributed by atoms with Crippen LogP contribution >= 0.6 is 0 Å². The van der Waals surface area contributed by atoms with Gasteiger partial charge in [-0.3, -0.25) is 9.78 Å². The van der Waals surface area contributed by atoms with Crippen molar-refractivity contribution in [1.29, 1.82) is 0 Å². The molecule has 8 nitrogen and oxygen atoms in total. The van der Waals surface area contributed by atoms with Crippen molar-refractivity contribution in [2.45, 2.75) is 13.0 Å². The average Bonchev–Trinajstić information content (AvgIpc) is 3.37. The van der Waals surface area contributed by atoms with Gasteiger partial charge < -0.3 is 13.9 Å². The van der Waals surface area contributed by atoms with Gasteiger partial charge in [0.1, 0.15) is 22.7 Å². The summed E-state index contributed by atoms with van der Waals surface area (Å²) in [5.74, 6) is 1.35. The first-order chi connectivity index (χ1) is 12.7. The van der Waals surface area contributed by atoms with Gasteiger partial charge in [-0.1, -0.05) is 0 Å². The summed E-state index contributed by atoms with van der Waals surface area (Å²) in [6, 6.07) is 3.76. The highest BCUT2D eigenvalue weighted by atomic mass is 16.4.